The Kier molecular flexibility index (Phi) is 4.72. The Labute approximate surface area is 136 Å². The number of carbonyl (C=O) groups is 1. The van der Waals surface area contributed by atoms with E-state index in [0.29, 0.717) is 13.2 Å². The number of hydrogen-bond acceptors (Lipinski definition) is 3. The summed E-state index contributed by atoms with van der Waals surface area (Å²) >= 11 is 5.51. The largest absolute Gasteiger partial charge is 0.350 e. The summed E-state index contributed by atoms with van der Waals surface area (Å²) in [7, 11) is 3.89. The maximum atomic E-state index is 12.0. The van der Waals surface area contributed by atoms with E-state index >= 15 is 0 Å². The van der Waals surface area contributed by atoms with Crippen LogP contribution in [0.3, 0.4) is 0 Å². The second kappa shape index (κ2) is 6.22. The van der Waals surface area contributed by atoms with Gasteiger partial charge < -0.3 is 14.5 Å². The summed E-state index contributed by atoms with van der Waals surface area (Å²) in [6.45, 7) is 6.85. The van der Waals surface area contributed by atoms with E-state index in [1.165, 1.54) is 0 Å². The van der Waals surface area contributed by atoms with Crippen molar-refractivity contribution >= 4 is 29.2 Å². The van der Waals surface area contributed by atoms with Gasteiger partial charge in [-0.25, -0.2) is 0 Å². The molecule has 120 valence electrons. The first kappa shape index (κ1) is 16.7. The summed E-state index contributed by atoms with van der Waals surface area (Å²) in [4.78, 5) is 14.0. The lowest BCUT2D eigenvalue weighted by Gasteiger charge is -2.23. The van der Waals surface area contributed by atoms with Crippen molar-refractivity contribution in [3.8, 4) is 0 Å². The molecule has 1 aromatic heterocycles. The maximum Gasteiger partial charge on any atom is 0.234 e. The summed E-state index contributed by atoms with van der Waals surface area (Å²) in [5.41, 5.74) is 1.96. The van der Waals surface area contributed by atoms with Crippen molar-refractivity contribution < 1.29 is 4.79 Å². The quantitative estimate of drug-likeness (QED) is 0.880. The van der Waals surface area contributed by atoms with Crippen molar-refractivity contribution in [1.29, 1.82) is 0 Å². The standard InChI is InChI=1S/C16H24N4OS/c1-16(2,3)17-14(21)10-18(4)11-20-13-9-7-6-8-12(13)19(5)15(20)22/h6-9H,10-11H2,1-5H3,(H,17,21). The molecule has 0 spiro atoms. The van der Waals surface area contributed by atoms with E-state index in [1.807, 2.05) is 68.6 Å². The Morgan fingerprint density at radius 2 is 1.86 bits per heavy atom. The molecule has 0 aliphatic rings. The Morgan fingerprint density at radius 3 is 2.45 bits per heavy atom. The number of nitrogens with one attached hydrogen (secondary N) is 1. The zero-order valence-electron chi connectivity index (χ0n) is 13.9. The highest BCUT2D eigenvalue weighted by molar-refractivity contribution is 7.71. The number of carbonyl (C=O) groups excluding carboxylic acids is 1. The average Bonchev–Trinajstić information content (AvgIpc) is 2.62. The van der Waals surface area contributed by atoms with Gasteiger partial charge in [-0.15, -0.1) is 0 Å². The third-order valence-electron chi connectivity index (χ3n) is 3.36. The van der Waals surface area contributed by atoms with E-state index in [2.05, 4.69) is 9.88 Å². The number of nitrogens with zero attached hydrogens (tertiary/aromatic N) is 3. The summed E-state index contributed by atoms with van der Waals surface area (Å²) in [6, 6.07) is 8.10. The summed E-state index contributed by atoms with van der Waals surface area (Å²) in [5, 5.41) is 2.97. The molecular weight excluding hydrogens is 296 g/mol. The van der Waals surface area contributed by atoms with Crippen molar-refractivity contribution in [2.24, 2.45) is 7.05 Å². The maximum absolute atomic E-state index is 12.0. The molecule has 0 fully saturated rings. The fraction of sp³-hybridized carbons (Fsp3) is 0.500. The van der Waals surface area contributed by atoms with Gasteiger partial charge in [0.2, 0.25) is 5.91 Å². The van der Waals surface area contributed by atoms with Gasteiger partial charge in [0.15, 0.2) is 4.77 Å². The molecule has 0 aliphatic heterocycles. The molecule has 1 aromatic carbocycles. The van der Waals surface area contributed by atoms with Crippen LogP contribution in [0.1, 0.15) is 20.8 Å². The van der Waals surface area contributed by atoms with Crippen LogP contribution in [0.5, 0.6) is 0 Å². The molecule has 2 rings (SSSR count). The molecule has 0 radical (unpaired) electrons. The zero-order valence-corrected chi connectivity index (χ0v) is 14.7. The topological polar surface area (TPSA) is 42.2 Å². The van der Waals surface area contributed by atoms with Crippen LogP contribution in [0.15, 0.2) is 24.3 Å². The normalized spacial score (nSPS) is 12.1. The predicted octanol–water partition coefficient (Wildman–Crippen LogP) is 2.51. The molecule has 0 saturated heterocycles. The van der Waals surface area contributed by atoms with Gasteiger partial charge in [0, 0.05) is 12.6 Å². The minimum atomic E-state index is -0.215. The van der Waals surface area contributed by atoms with E-state index in [9.17, 15) is 4.79 Å². The average molecular weight is 320 g/mol. The monoisotopic (exact) mass is 320 g/mol. The molecular formula is C16H24N4OS. The minimum absolute atomic E-state index is 0.0155. The summed E-state index contributed by atoms with van der Waals surface area (Å²) < 4.78 is 4.80. The van der Waals surface area contributed by atoms with Crippen LogP contribution in [0.25, 0.3) is 11.0 Å². The van der Waals surface area contributed by atoms with Crippen LogP contribution in [0.2, 0.25) is 0 Å². The van der Waals surface area contributed by atoms with Gasteiger partial charge in [-0.1, -0.05) is 12.1 Å². The molecule has 1 amide bonds. The van der Waals surface area contributed by atoms with Crippen LogP contribution in [0.4, 0.5) is 0 Å². The van der Waals surface area contributed by atoms with E-state index in [1.54, 1.807) is 0 Å². The van der Waals surface area contributed by atoms with E-state index in [-0.39, 0.29) is 11.4 Å². The van der Waals surface area contributed by atoms with Crippen LogP contribution in [0, 0.1) is 4.77 Å². The summed E-state index contributed by atoms with van der Waals surface area (Å²) in [6.07, 6.45) is 0. The molecule has 6 heteroatoms. The van der Waals surface area contributed by atoms with Gasteiger partial charge in [-0.2, -0.15) is 0 Å². The number of aryl methyl sites for hydroxylation is 1. The van der Waals surface area contributed by atoms with Crippen molar-refractivity contribution in [2.75, 3.05) is 13.6 Å². The Balaban J connectivity index is 2.16. The second-order valence-electron chi connectivity index (χ2n) is 6.71. The van der Waals surface area contributed by atoms with E-state index < -0.39 is 0 Å². The van der Waals surface area contributed by atoms with Gasteiger partial charge in [-0.3, -0.25) is 9.69 Å². The Bertz CT molecular complexity index is 739. The molecule has 0 bridgehead atoms. The first-order chi connectivity index (χ1) is 10.2. The van der Waals surface area contributed by atoms with Gasteiger partial charge in [0.05, 0.1) is 24.2 Å². The SMILES string of the molecule is CN(CC(=O)NC(C)(C)C)Cn1c(=S)n(C)c2ccccc21. The number of rotatable bonds is 4. The molecule has 2 aromatic rings. The van der Waals surface area contributed by atoms with Gasteiger partial charge in [0.1, 0.15) is 0 Å². The number of fused-ring (bicyclic) bond motifs is 1. The van der Waals surface area contributed by atoms with Gasteiger partial charge >= 0.3 is 0 Å². The van der Waals surface area contributed by atoms with Gasteiger partial charge in [0.25, 0.3) is 0 Å². The van der Waals surface area contributed by atoms with E-state index in [4.69, 9.17) is 12.2 Å². The zero-order chi connectivity index (χ0) is 16.5. The molecule has 0 unspecified atom stereocenters. The second-order valence-corrected chi connectivity index (χ2v) is 7.08. The van der Waals surface area contributed by atoms with Crippen LogP contribution in [-0.2, 0) is 18.5 Å². The number of benzene rings is 1. The van der Waals surface area contributed by atoms with Crippen LogP contribution in [-0.4, -0.2) is 39.1 Å². The molecule has 1 heterocycles. The first-order valence-corrected chi connectivity index (χ1v) is 7.73. The predicted molar refractivity (Wildman–Crippen MR) is 92.3 cm³/mol. The summed E-state index contributed by atoms with van der Waals surface area (Å²) in [5.74, 6) is 0.0155. The number of imidazole rings is 1. The lowest BCUT2D eigenvalue weighted by atomic mass is 10.1. The Morgan fingerprint density at radius 1 is 1.27 bits per heavy atom. The highest BCUT2D eigenvalue weighted by Crippen LogP contribution is 2.16. The molecule has 0 saturated carbocycles. The first-order valence-electron chi connectivity index (χ1n) is 7.33. The third-order valence-corrected chi connectivity index (χ3v) is 3.86. The Hall–Kier alpha value is -1.66. The molecule has 0 aliphatic carbocycles. The molecule has 5 nitrogen and oxygen atoms in total. The number of aromatic nitrogens is 2. The fourth-order valence-electron chi connectivity index (χ4n) is 2.49. The van der Waals surface area contributed by atoms with Crippen molar-refractivity contribution in [2.45, 2.75) is 33.0 Å². The number of hydrogen-bond donors (Lipinski definition) is 1. The van der Waals surface area contributed by atoms with Crippen molar-refractivity contribution in [3.63, 3.8) is 0 Å². The highest BCUT2D eigenvalue weighted by Gasteiger charge is 2.16. The lowest BCUT2D eigenvalue weighted by Crippen LogP contribution is -2.45. The minimum Gasteiger partial charge on any atom is -0.350 e. The number of likely N-dealkylation sites (N-methyl/N-ethyl adjacent to an activating group) is 1. The number of para-hydroxylation sites is 2. The van der Waals surface area contributed by atoms with Crippen LogP contribution >= 0.6 is 12.2 Å². The van der Waals surface area contributed by atoms with Crippen molar-refractivity contribution in [1.82, 2.24) is 19.4 Å². The highest BCUT2D eigenvalue weighted by atomic mass is 32.1. The number of amides is 1. The third kappa shape index (κ3) is 3.75. The van der Waals surface area contributed by atoms with E-state index in [0.717, 1.165) is 15.8 Å². The molecule has 22 heavy (non-hydrogen) atoms. The smallest absolute Gasteiger partial charge is 0.234 e. The molecule has 1 N–H and O–H groups in total. The van der Waals surface area contributed by atoms with Gasteiger partial charge in [-0.05, 0) is 52.2 Å². The lowest BCUT2D eigenvalue weighted by molar-refractivity contribution is -0.123. The fourth-order valence-corrected chi connectivity index (χ4v) is 2.75. The molecule has 0 atom stereocenters. The van der Waals surface area contributed by atoms with Crippen molar-refractivity contribution in [3.05, 3.63) is 29.0 Å². The van der Waals surface area contributed by atoms with Crippen LogP contribution < -0.4 is 5.32 Å².